The number of hydrogen-bond acceptors (Lipinski definition) is 3. The van der Waals surface area contributed by atoms with Crippen molar-refractivity contribution in [3.8, 4) is 0 Å². The number of rotatable bonds is 3. The Morgan fingerprint density at radius 1 is 1.58 bits per heavy atom. The first-order chi connectivity index (χ1) is 5.72. The summed E-state index contributed by atoms with van der Waals surface area (Å²) < 4.78 is 5.43. The molecule has 5 heteroatoms. The zero-order chi connectivity index (χ0) is 8.97. The van der Waals surface area contributed by atoms with E-state index in [1.165, 1.54) is 6.07 Å². The first-order valence-electron chi connectivity index (χ1n) is 3.62. The summed E-state index contributed by atoms with van der Waals surface area (Å²) in [6.07, 6.45) is 0. The summed E-state index contributed by atoms with van der Waals surface area (Å²) in [7, 11) is 0. The predicted molar refractivity (Wildman–Crippen MR) is 47.6 cm³/mol. The van der Waals surface area contributed by atoms with Gasteiger partial charge in [0.05, 0.1) is 6.61 Å². The van der Waals surface area contributed by atoms with Gasteiger partial charge >= 0.3 is 0 Å². The van der Waals surface area contributed by atoms with E-state index in [1.807, 2.05) is 6.92 Å². The quantitative estimate of drug-likeness (QED) is 0.691. The standard InChI is InChI=1S/C7H10N2O2S/c1-2-11-4-5-3-6(10)9-7(12)8-5/h3H,2,4H2,1H3,(H2,8,9,10,12). The van der Waals surface area contributed by atoms with Crippen LogP contribution < -0.4 is 5.56 Å². The van der Waals surface area contributed by atoms with E-state index in [-0.39, 0.29) is 5.56 Å². The third-order valence-electron chi connectivity index (χ3n) is 1.28. The molecule has 0 unspecified atom stereocenters. The van der Waals surface area contributed by atoms with Crippen LogP contribution in [0.5, 0.6) is 0 Å². The highest BCUT2D eigenvalue weighted by atomic mass is 32.1. The maximum atomic E-state index is 10.9. The van der Waals surface area contributed by atoms with Crippen molar-refractivity contribution in [2.24, 2.45) is 0 Å². The molecule has 12 heavy (non-hydrogen) atoms. The van der Waals surface area contributed by atoms with Crippen molar-refractivity contribution in [1.29, 1.82) is 0 Å². The molecule has 4 nitrogen and oxygen atoms in total. The Bertz CT molecular complexity index is 327. The molecule has 0 bridgehead atoms. The fourth-order valence-electron chi connectivity index (χ4n) is 0.809. The zero-order valence-electron chi connectivity index (χ0n) is 6.72. The molecule has 0 fully saturated rings. The fourth-order valence-corrected chi connectivity index (χ4v) is 1.04. The van der Waals surface area contributed by atoms with Gasteiger partial charge in [-0.1, -0.05) is 0 Å². The van der Waals surface area contributed by atoms with Crippen LogP contribution in [0.4, 0.5) is 0 Å². The van der Waals surface area contributed by atoms with Gasteiger partial charge in [0, 0.05) is 18.4 Å². The molecule has 0 saturated carbocycles. The Balaban J connectivity index is 2.86. The summed E-state index contributed by atoms with van der Waals surface area (Å²) in [5, 5.41) is 0. The fraction of sp³-hybridized carbons (Fsp3) is 0.429. The monoisotopic (exact) mass is 186 g/mol. The van der Waals surface area contributed by atoms with Gasteiger partial charge in [0.2, 0.25) is 0 Å². The largest absolute Gasteiger partial charge is 0.376 e. The molecule has 1 rings (SSSR count). The van der Waals surface area contributed by atoms with Gasteiger partial charge in [-0.15, -0.1) is 0 Å². The highest BCUT2D eigenvalue weighted by Crippen LogP contribution is 1.91. The third-order valence-corrected chi connectivity index (χ3v) is 1.48. The number of nitrogens with one attached hydrogen (secondary N) is 2. The van der Waals surface area contributed by atoms with Gasteiger partial charge in [-0.25, -0.2) is 0 Å². The lowest BCUT2D eigenvalue weighted by atomic mass is 10.4. The number of H-pyrrole nitrogens is 2. The Labute approximate surface area is 74.6 Å². The minimum absolute atomic E-state index is 0.201. The van der Waals surface area contributed by atoms with Crippen LogP contribution in [-0.2, 0) is 11.3 Å². The van der Waals surface area contributed by atoms with Crippen molar-refractivity contribution in [2.45, 2.75) is 13.5 Å². The maximum Gasteiger partial charge on any atom is 0.251 e. The van der Waals surface area contributed by atoms with Crippen LogP contribution in [-0.4, -0.2) is 16.6 Å². The van der Waals surface area contributed by atoms with Gasteiger partial charge in [-0.2, -0.15) is 0 Å². The molecule has 0 aliphatic rings. The average Bonchev–Trinajstić information content (AvgIpc) is 1.99. The van der Waals surface area contributed by atoms with Crippen LogP contribution >= 0.6 is 12.2 Å². The SMILES string of the molecule is CCOCc1cc(=O)[nH]c(=S)[nH]1. The molecule has 0 aliphatic heterocycles. The number of hydrogen-bond donors (Lipinski definition) is 2. The van der Waals surface area contributed by atoms with E-state index in [0.717, 1.165) is 0 Å². The van der Waals surface area contributed by atoms with Crippen LogP contribution in [0.15, 0.2) is 10.9 Å². The minimum Gasteiger partial charge on any atom is -0.376 e. The summed E-state index contributed by atoms with van der Waals surface area (Å²) in [5.41, 5.74) is 0.499. The molecular weight excluding hydrogens is 176 g/mol. The van der Waals surface area contributed by atoms with Gasteiger partial charge < -0.3 is 9.72 Å². The van der Waals surface area contributed by atoms with Gasteiger partial charge in [0.15, 0.2) is 4.77 Å². The second-order valence-corrected chi connectivity index (χ2v) is 2.66. The normalized spacial score (nSPS) is 10.1. The molecule has 1 aromatic rings. The summed E-state index contributed by atoms with van der Waals surface area (Å²) in [6, 6.07) is 1.44. The van der Waals surface area contributed by atoms with Crippen LogP contribution in [0.1, 0.15) is 12.6 Å². The first-order valence-corrected chi connectivity index (χ1v) is 4.03. The van der Waals surface area contributed by atoms with E-state index in [2.05, 4.69) is 9.97 Å². The summed E-state index contributed by atoms with van der Waals surface area (Å²) in [5.74, 6) is 0. The molecule has 0 spiro atoms. The van der Waals surface area contributed by atoms with Crippen molar-refractivity contribution in [3.63, 3.8) is 0 Å². The zero-order valence-corrected chi connectivity index (χ0v) is 7.53. The smallest absolute Gasteiger partial charge is 0.251 e. The molecule has 0 amide bonds. The molecule has 2 N–H and O–H groups in total. The Morgan fingerprint density at radius 3 is 2.92 bits per heavy atom. The van der Waals surface area contributed by atoms with E-state index in [4.69, 9.17) is 17.0 Å². The van der Waals surface area contributed by atoms with Crippen molar-refractivity contribution in [3.05, 3.63) is 26.9 Å². The molecular formula is C7H10N2O2S. The molecule has 66 valence electrons. The molecule has 0 atom stereocenters. The van der Waals surface area contributed by atoms with Crippen molar-refractivity contribution in [1.82, 2.24) is 9.97 Å². The Hall–Kier alpha value is -0.940. The van der Waals surface area contributed by atoms with E-state index >= 15 is 0 Å². The lowest BCUT2D eigenvalue weighted by molar-refractivity contribution is 0.131. The molecule has 0 saturated heterocycles. The number of aromatic amines is 2. The van der Waals surface area contributed by atoms with Gasteiger partial charge in [0.1, 0.15) is 0 Å². The summed E-state index contributed by atoms with van der Waals surface area (Å²) in [4.78, 5) is 16.1. The summed E-state index contributed by atoms with van der Waals surface area (Å²) >= 11 is 4.77. The van der Waals surface area contributed by atoms with Crippen molar-refractivity contribution >= 4 is 12.2 Å². The van der Waals surface area contributed by atoms with Gasteiger partial charge in [-0.05, 0) is 19.1 Å². The topological polar surface area (TPSA) is 57.9 Å². The highest BCUT2D eigenvalue weighted by molar-refractivity contribution is 7.71. The average molecular weight is 186 g/mol. The van der Waals surface area contributed by atoms with E-state index in [9.17, 15) is 4.79 Å². The molecule has 0 aromatic carbocycles. The Morgan fingerprint density at radius 2 is 2.33 bits per heavy atom. The highest BCUT2D eigenvalue weighted by Gasteiger charge is 1.93. The van der Waals surface area contributed by atoms with Crippen LogP contribution in [0.3, 0.4) is 0 Å². The van der Waals surface area contributed by atoms with Crippen molar-refractivity contribution < 1.29 is 4.74 Å². The summed E-state index contributed by atoms with van der Waals surface area (Å²) in [6.45, 7) is 2.90. The van der Waals surface area contributed by atoms with E-state index < -0.39 is 0 Å². The first kappa shape index (κ1) is 9.15. The van der Waals surface area contributed by atoms with Crippen molar-refractivity contribution in [2.75, 3.05) is 6.61 Å². The second-order valence-electron chi connectivity index (χ2n) is 2.25. The number of aromatic nitrogens is 2. The van der Waals surface area contributed by atoms with E-state index in [1.54, 1.807) is 0 Å². The minimum atomic E-state index is -0.201. The van der Waals surface area contributed by atoms with Crippen LogP contribution in [0.2, 0.25) is 0 Å². The van der Waals surface area contributed by atoms with E-state index in [0.29, 0.717) is 23.7 Å². The van der Waals surface area contributed by atoms with Crippen LogP contribution in [0.25, 0.3) is 0 Å². The van der Waals surface area contributed by atoms with Gasteiger partial charge in [-0.3, -0.25) is 9.78 Å². The third kappa shape index (κ3) is 2.60. The van der Waals surface area contributed by atoms with Crippen LogP contribution in [0, 0.1) is 4.77 Å². The lowest BCUT2D eigenvalue weighted by Crippen LogP contribution is -2.09. The molecule has 1 aromatic heterocycles. The molecule has 1 heterocycles. The predicted octanol–water partition coefficient (Wildman–Crippen LogP) is 0.969. The Kier molecular flexibility index (Phi) is 3.19. The molecule has 0 aliphatic carbocycles. The second kappa shape index (κ2) is 4.18. The van der Waals surface area contributed by atoms with Gasteiger partial charge in [0.25, 0.3) is 5.56 Å². The lowest BCUT2D eigenvalue weighted by Gasteiger charge is -1.99. The molecule has 0 radical (unpaired) electrons. The maximum absolute atomic E-state index is 10.9. The number of ether oxygens (including phenoxy) is 1.